The quantitative estimate of drug-likeness (QED) is 0.680. The minimum absolute atomic E-state index is 0.0551. The van der Waals surface area contributed by atoms with E-state index in [-0.39, 0.29) is 17.9 Å². The second kappa shape index (κ2) is 7.36. The maximum absolute atomic E-state index is 12.9. The van der Waals surface area contributed by atoms with Gasteiger partial charge in [0.2, 0.25) is 0 Å². The first-order valence-electron chi connectivity index (χ1n) is 7.48. The second-order valence-corrected chi connectivity index (χ2v) is 6.23. The molecule has 0 spiro atoms. The number of para-hydroxylation sites is 1. The zero-order chi connectivity index (χ0) is 17.8. The molecule has 0 aliphatic rings. The molecule has 2 aromatic carbocycles. The molecule has 0 aliphatic carbocycles. The SMILES string of the molecule is O=C(O)c1ccccc1N(Cc1ccc(Br)cc1)C(=O)c1ccco1. The van der Waals surface area contributed by atoms with Crippen LogP contribution in [0.4, 0.5) is 5.69 Å². The summed E-state index contributed by atoms with van der Waals surface area (Å²) in [6.07, 6.45) is 1.41. The largest absolute Gasteiger partial charge is 0.478 e. The number of carboxylic acids is 1. The number of carbonyl (C=O) groups is 2. The van der Waals surface area contributed by atoms with Crippen LogP contribution >= 0.6 is 15.9 Å². The molecule has 0 saturated heterocycles. The van der Waals surface area contributed by atoms with Crippen LogP contribution in [-0.2, 0) is 6.54 Å². The number of carbonyl (C=O) groups excluding carboxylic acids is 1. The smallest absolute Gasteiger partial charge is 0.337 e. The first-order chi connectivity index (χ1) is 12.1. The molecule has 1 heterocycles. The third-order valence-corrected chi connectivity index (χ3v) is 4.18. The number of anilines is 1. The monoisotopic (exact) mass is 399 g/mol. The van der Waals surface area contributed by atoms with Crippen molar-refractivity contribution in [1.82, 2.24) is 0 Å². The Hall–Kier alpha value is -2.86. The van der Waals surface area contributed by atoms with Crippen molar-refractivity contribution in [2.45, 2.75) is 6.54 Å². The first-order valence-corrected chi connectivity index (χ1v) is 8.27. The van der Waals surface area contributed by atoms with Gasteiger partial charge in [0.1, 0.15) is 0 Å². The highest BCUT2D eigenvalue weighted by Gasteiger charge is 2.24. The number of carboxylic acid groups (broad SMARTS) is 1. The van der Waals surface area contributed by atoms with Crippen LogP contribution in [0, 0.1) is 0 Å². The number of nitrogens with zero attached hydrogens (tertiary/aromatic N) is 1. The predicted molar refractivity (Wildman–Crippen MR) is 96.8 cm³/mol. The number of rotatable bonds is 5. The molecule has 3 rings (SSSR count). The Balaban J connectivity index is 2.04. The van der Waals surface area contributed by atoms with Crippen molar-refractivity contribution in [1.29, 1.82) is 0 Å². The van der Waals surface area contributed by atoms with Gasteiger partial charge in [0.15, 0.2) is 5.76 Å². The van der Waals surface area contributed by atoms with E-state index in [4.69, 9.17) is 4.42 Å². The molecule has 3 aromatic rings. The maximum atomic E-state index is 12.9. The van der Waals surface area contributed by atoms with Gasteiger partial charge in [-0.25, -0.2) is 4.79 Å². The normalized spacial score (nSPS) is 10.4. The first kappa shape index (κ1) is 17.0. The summed E-state index contributed by atoms with van der Waals surface area (Å²) >= 11 is 3.37. The van der Waals surface area contributed by atoms with Crippen molar-refractivity contribution in [2.24, 2.45) is 0 Å². The lowest BCUT2D eigenvalue weighted by Gasteiger charge is -2.23. The predicted octanol–water partition coefficient (Wildman–Crippen LogP) is 4.59. The van der Waals surface area contributed by atoms with Crippen molar-refractivity contribution in [3.05, 3.63) is 88.3 Å². The van der Waals surface area contributed by atoms with Gasteiger partial charge in [-0.05, 0) is 42.0 Å². The fourth-order valence-corrected chi connectivity index (χ4v) is 2.73. The van der Waals surface area contributed by atoms with E-state index in [9.17, 15) is 14.7 Å². The van der Waals surface area contributed by atoms with Crippen LogP contribution in [0.1, 0.15) is 26.5 Å². The van der Waals surface area contributed by atoms with E-state index in [1.165, 1.54) is 17.2 Å². The van der Waals surface area contributed by atoms with E-state index in [0.717, 1.165) is 10.0 Å². The summed E-state index contributed by atoms with van der Waals surface area (Å²) in [5.41, 5.74) is 1.24. The van der Waals surface area contributed by atoms with Gasteiger partial charge >= 0.3 is 5.97 Å². The molecule has 1 aromatic heterocycles. The van der Waals surface area contributed by atoms with Crippen molar-refractivity contribution < 1.29 is 19.1 Å². The van der Waals surface area contributed by atoms with Crippen molar-refractivity contribution in [3.63, 3.8) is 0 Å². The third kappa shape index (κ3) is 3.80. The maximum Gasteiger partial charge on any atom is 0.337 e. The van der Waals surface area contributed by atoms with Gasteiger partial charge in [-0.3, -0.25) is 4.79 Å². The summed E-state index contributed by atoms with van der Waals surface area (Å²) in [6.45, 7) is 0.219. The lowest BCUT2D eigenvalue weighted by molar-refractivity contribution is 0.0697. The van der Waals surface area contributed by atoms with Crippen molar-refractivity contribution in [3.8, 4) is 0 Å². The molecule has 0 saturated carbocycles. The van der Waals surface area contributed by atoms with Gasteiger partial charge in [-0.2, -0.15) is 0 Å². The molecule has 0 aliphatic heterocycles. The van der Waals surface area contributed by atoms with E-state index in [2.05, 4.69) is 15.9 Å². The zero-order valence-electron chi connectivity index (χ0n) is 13.1. The fraction of sp³-hybridized carbons (Fsp3) is 0.0526. The Morgan fingerprint density at radius 3 is 2.36 bits per heavy atom. The number of furan rings is 1. The number of amides is 1. The third-order valence-electron chi connectivity index (χ3n) is 3.66. The van der Waals surface area contributed by atoms with Gasteiger partial charge < -0.3 is 14.4 Å². The van der Waals surface area contributed by atoms with Gasteiger partial charge in [-0.15, -0.1) is 0 Å². The molecular formula is C19H14BrNO4. The highest BCUT2D eigenvalue weighted by atomic mass is 79.9. The molecule has 0 atom stereocenters. The summed E-state index contributed by atoms with van der Waals surface area (Å²) in [4.78, 5) is 25.9. The van der Waals surface area contributed by atoms with Crippen LogP contribution in [0.3, 0.4) is 0 Å². The minimum Gasteiger partial charge on any atom is -0.478 e. The van der Waals surface area contributed by atoms with E-state index >= 15 is 0 Å². The Morgan fingerprint density at radius 1 is 1.00 bits per heavy atom. The molecule has 0 unspecified atom stereocenters. The number of aromatic carboxylic acids is 1. The summed E-state index contributed by atoms with van der Waals surface area (Å²) in [5, 5.41) is 9.46. The molecule has 0 fully saturated rings. The average Bonchev–Trinajstić information content (AvgIpc) is 3.15. The molecule has 25 heavy (non-hydrogen) atoms. The highest BCUT2D eigenvalue weighted by Crippen LogP contribution is 2.25. The Bertz CT molecular complexity index is 888. The molecule has 0 bridgehead atoms. The topological polar surface area (TPSA) is 70.8 Å². The van der Waals surface area contributed by atoms with Crippen LogP contribution in [0.2, 0.25) is 0 Å². The standard InChI is InChI=1S/C19H14BrNO4/c20-14-9-7-13(8-10-14)12-21(18(22)17-6-3-11-25-17)16-5-2-1-4-15(16)19(23)24/h1-11H,12H2,(H,23,24). The van der Waals surface area contributed by atoms with Crippen molar-refractivity contribution in [2.75, 3.05) is 4.90 Å². The Morgan fingerprint density at radius 2 is 1.72 bits per heavy atom. The molecule has 0 radical (unpaired) electrons. The van der Waals surface area contributed by atoms with E-state index in [1.807, 2.05) is 24.3 Å². The molecular weight excluding hydrogens is 386 g/mol. The Kier molecular flexibility index (Phi) is 5.00. The Labute approximate surface area is 152 Å². The van der Waals surface area contributed by atoms with Crippen LogP contribution in [0.25, 0.3) is 0 Å². The zero-order valence-corrected chi connectivity index (χ0v) is 14.6. The molecule has 6 heteroatoms. The molecule has 5 nitrogen and oxygen atoms in total. The summed E-state index contributed by atoms with van der Waals surface area (Å²) in [5.74, 6) is -1.34. The number of benzene rings is 2. The van der Waals surface area contributed by atoms with Crippen LogP contribution in [0.5, 0.6) is 0 Å². The number of hydrogen-bond donors (Lipinski definition) is 1. The number of hydrogen-bond acceptors (Lipinski definition) is 3. The van der Waals surface area contributed by atoms with E-state index in [0.29, 0.717) is 5.69 Å². The average molecular weight is 400 g/mol. The summed E-state index contributed by atoms with van der Waals surface area (Å²) < 4.78 is 6.13. The van der Waals surface area contributed by atoms with Crippen LogP contribution in [0.15, 0.2) is 75.8 Å². The van der Waals surface area contributed by atoms with Gasteiger partial charge in [0.05, 0.1) is 24.1 Å². The number of halogens is 1. The molecule has 126 valence electrons. The van der Waals surface area contributed by atoms with Gasteiger partial charge in [0.25, 0.3) is 5.91 Å². The van der Waals surface area contributed by atoms with E-state index in [1.54, 1.807) is 30.3 Å². The lowest BCUT2D eigenvalue weighted by atomic mass is 10.1. The second-order valence-electron chi connectivity index (χ2n) is 5.32. The van der Waals surface area contributed by atoms with Gasteiger partial charge in [0, 0.05) is 4.47 Å². The van der Waals surface area contributed by atoms with Crippen LogP contribution < -0.4 is 4.90 Å². The molecule has 1 N–H and O–H groups in total. The van der Waals surface area contributed by atoms with Crippen molar-refractivity contribution >= 4 is 33.5 Å². The lowest BCUT2D eigenvalue weighted by Crippen LogP contribution is -2.31. The fourth-order valence-electron chi connectivity index (χ4n) is 2.46. The minimum atomic E-state index is -1.09. The summed E-state index contributed by atoms with van der Waals surface area (Å²) in [6, 6.07) is 17.1. The molecule has 1 amide bonds. The summed E-state index contributed by atoms with van der Waals surface area (Å²) in [7, 11) is 0. The van der Waals surface area contributed by atoms with Crippen LogP contribution in [-0.4, -0.2) is 17.0 Å². The highest BCUT2D eigenvalue weighted by molar-refractivity contribution is 9.10. The van der Waals surface area contributed by atoms with Gasteiger partial charge in [-0.1, -0.05) is 40.2 Å². The van der Waals surface area contributed by atoms with E-state index < -0.39 is 11.9 Å².